The zero-order chi connectivity index (χ0) is 11.8. The molecule has 0 spiro atoms. The third-order valence-corrected chi connectivity index (χ3v) is 3.80. The average Bonchev–Trinajstić information content (AvgIpc) is 2.38. The Morgan fingerprint density at radius 3 is 1.25 bits per heavy atom. The Kier molecular flexibility index (Phi) is 1.98. The number of hydrogen-bond donors (Lipinski definition) is 0. The van der Waals surface area contributed by atoms with Crippen LogP contribution in [0.2, 0.25) is 0 Å². The molecule has 2 bridgehead atoms. The summed E-state index contributed by atoms with van der Waals surface area (Å²) in [7, 11) is 0. The lowest BCUT2D eigenvalue weighted by atomic mass is 9.47. The summed E-state index contributed by atoms with van der Waals surface area (Å²) in [6.07, 6.45) is 5.03. The van der Waals surface area contributed by atoms with Crippen LogP contribution in [-0.2, 0) is 0 Å². The molecule has 0 radical (unpaired) electrons. The van der Waals surface area contributed by atoms with Crippen molar-refractivity contribution >= 4 is 0 Å². The summed E-state index contributed by atoms with van der Waals surface area (Å²) in [6.45, 7) is 0. The normalized spacial score (nSPS) is 31.8. The zero-order valence-electron chi connectivity index (χ0n) is 8.51. The number of hydrogen-bond acceptors (Lipinski definition) is 4. The summed E-state index contributed by atoms with van der Waals surface area (Å²) in [5.41, 5.74) is -3.01. The Bertz CT molecular complexity index is 441. The molecule has 3 aliphatic rings. The minimum atomic E-state index is -1.51. The van der Waals surface area contributed by atoms with Crippen molar-refractivity contribution in [1.82, 2.24) is 0 Å². The summed E-state index contributed by atoms with van der Waals surface area (Å²) < 4.78 is 0. The van der Waals surface area contributed by atoms with Crippen LogP contribution >= 0.6 is 0 Å². The highest BCUT2D eigenvalue weighted by Gasteiger charge is 2.65. The van der Waals surface area contributed by atoms with E-state index in [1.807, 2.05) is 36.4 Å². The molecule has 3 aliphatic carbocycles. The van der Waals surface area contributed by atoms with E-state index in [1.54, 1.807) is 0 Å². The lowest BCUT2D eigenvalue weighted by molar-refractivity contribution is 0.0903. The molecule has 4 heteroatoms. The number of nitriles is 4. The van der Waals surface area contributed by atoms with Gasteiger partial charge in [-0.15, -0.1) is 0 Å². The van der Waals surface area contributed by atoms with Gasteiger partial charge in [0.2, 0.25) is 0 Å². The molecule has 1 saturated carbocycles. The highest BCUT2D eigenvalue weighted by Crippen LogP contribution is 2.59. The molecule has 16 heavy (non-hydrogen) atoms. The number of fused-ring (bicyclic) bond motifs is 2. The second-order valence-electron chi connectivity index (χ2n) is 4.24. The first-order valence-corrected chi connectivity index (χ1v) is 5.04. The minimum absolute atomic E-state index is 0.299. The molecule has 0 aromatic heterocycles. The second kappa shape index (κ2) is 3.10. The third kappa shape index (κ3) is 0.809. The van der Waals surface area contributed by atoms with Gasteiger partial charge >= 0.3 is 0 Å². The molecule has 0 aromatic carbocycles. The average molecular weight is 208 g/mol. The Morgan fingerprint density at radius 1 is 0.750 bits per heavy atom. The topological polar surface area (TPSA) is 95.2 Å². The summed E-state index contributed by atoms with van der Waals surface area (Å²) in [5, 5.41) is 37.0. The Labute approximate surface area is 93.6 Å². The molecule has 3 rings (SSSR count). The number of rotatable bonds is 0. The molecule has 0 heterocycles. The predicted molar refractivity (Wildman–Crippen MR) is 52.7 cm³/mol. The highest BCUT2D eigenvalue weighted by molar-refractivity contribution is 5.43. The number of nitrogens with zero attached hydrogens (tertiary/aromatic N) is 4. The molecule has 76 valence electrons. The molecule has 4 nitrogen and oxygen atoms in total. The van der Waals surface area contributed by atoms with Crippen molar-refractivity contribution < 1.29 is 0 Å². The Hall–Kier alpha value is -2.30. The quantitative estimate of drug-likeness (QED) is 0.565. The van der Waals surface area contributed by atoms with Gasteiger partial charge in [0.25, 0.3) is 0 Å². The summed E-state index contributed by atoms with van der Waals surface area (Å²) in [6, 6.07) is 7.74. The van der Waals surface area contributed by atoms with E-state index in [9.17, 15) is 21.0 Å². The van der Waals surface area contributed by atoms with Gasteiger partial charge in [0.05, 0.1) is 24.3 Å². The van der Waals surface area contributed by atoms with Crippen molar-refractivity contribution in [3.8, 4) is 24.3 Å². The van der Waals surface area contributed by atoms with Crippen molar-refractivity contribution in [3.63, 3.8) is 0 Å². The smallest absolute Gasteiger partial charge is 0.182 e. The molecule has 1 fully saturated rings. The molecular formula is C12H8N4. The van der Waals surface area contributed by atoms with Crippen LogP contribution in [0.3, 0.4) is 0 Å². The first-order chi connectivity index (χ1) is 7.70. The minimum Gasteiger partial charge on any atom is -0.196 e. The van der Waals surface area contributed by atoms with Gasteiger partial charge in [-0.25, -0.2) is 0 Å². The fraction of sp³-hybridized carbons (Fsp3) is 0.500. The van der Waals surface area contributed by atoms with E-state index in [0.29, 0.717) is 12.8 Å². The monoisotopic (exact) mass is 208 g/mol. The van der Waals surface area contributed by atoms with E-state index in [-0.39, 0.29) is 11.8 Å². The highest BCUT2D eigenvalue weighted by atomic mass is 14.6. The van der Waals surface area contributed by atoms with Crippen LogP contribution in [0.5, 0.6) is 0 Å². The Balaban J connectivity index is 2.75. The van der Waals surface area contributed by atoms with Gasteiger partial charge in [-0.05, 0) is 12.8 Å². The summed E-state index contributed by atoms with van der Waals surface area (Å²) in [4.78, 5) is 0. The Morgan fingerprint density at radius 2 is 1.06 bits per heavy atom. The standard InChI is InChI=1S/C12H8N4/c13-5-11(6-14)9-1-2-10(4-3-9)12(11,7-15)8-16/h1-2,9-10H,3-4H2. The molecule has 2 unspecified atom stereocenters. The van der Waals surface area contributed by atoms with Gasteiger partial charge < -0.3 is 0 Å². The number of allylic oxidation sites excluding steroid dienone is 2. The maximum absolute atomic E-state index is 9.25. The van der Waals surface area contributed by atoms with Crippen molar-refractivity contribution in [2.45, 2.75) is 12.8 Å². The van der Waals surface area contributed by atoms with Gasteiger partial charge in [-0.1, -0.05) is 12.2 Å². The van der Waals surface area contributed by atoms with E-state index >= 15 is 0 Å². The first-order valence-electron chi connectivity index (χ1n) is 5.04. The van der Waals surface area contributed by atoms with Crippen molar-refractivity contribution in [2.24, 2.45) is 22.7 Å². The van der Waals surface area contributed by atoms with Gasteiger partial charge in [0, 0.05) is 11.8 Å². The van der Waals surface area contributed by atoms with Crippen molar-refractivity contribution in [1.29, 1.82) is 21.0 Å². The molecule has 0 aliphatic heterocycles. The maximum Gasteiger partial charge on any atom is 0.182 e. The van der Waals surface area contributed by atoms with Crippen LogP contribution in [0.15, 0.2) is 12.2 Å². The SMILES string of the molecule is N#CC1(C#N)C2C=CC(CC2)C1(C#N)C#N. The van der Waals surface area contributed by atoms with E-state index in [1.165, 1.54) is 0 Å². The zero-order valence-corrected chi connectivity index (χ0v) is 8.51. The van der Waals surface area contributed by atoms with Gasteiger partial charge in [0.15, 0.2) is 10.8 Å². The van der Waals surface area contributed by atoms with Gasteiger partial charge in [0.1, 0.15) is 0 Å². The summed E-state index contributed by atoms with van der Waals surface area (Å²) in [5.74, 6) is -0.599. The second-order valence-corrected chi connectivity index (χ2v) is 4.24. The maximum atomic E-state index is 9.25. The van der Waals surface area contributed by atoms with Crippen LogP contribution in [0.4, 0.5) is 0 Å². The molecule has 0 saturated heterocycles. The van der Waals surface area contributed by atoms with Gasteiger partial charge in [-0.2, -0.15) is 21.0 Å². The molecular weight excluding hydrogens is 200 g/mol. The fourth-order valence-corrected chi connectivity index (χ4v) is 2.86. The van der Waals surface area contributed by atoms with E-state index in [0.717, 1.165) is 0 Å². The van der Waals surface area contributed by atoms with Crippen LogP contribution < -0.4 is 0 Å². The third-order valence-electron chi connectivity index (χ3n) is 3.80. The molecule has 0 aromatic rings. The molecule has 0 amide bonds. The van der Waals surface area contributed by atoms with Crippen molar-refractivity contribution in [2.75, 3.05) is 0 Å². The summed E-state index contributed by atoms with van der Waals surface area (Å²) >= 11 is 0. The van der Waals surface area contributed by atoms with Crippen LogP contribution in [0.1, 0.15) is 12.8 Å². The fourth-order valence-electron chi connectivity index (χ4n) is 2.86. The first kappa shape index (κ1) is 10.2. The van der Waals surface area contributed by atoms with E-state index < -0.39 is 10.8 Å². The van der Waals surface area contributed by atoms with Crippen LogP contribution in [0, 0.1) is 68.0 Å². The van der Waals surface area contributed by atoms with Crippen molar-refractivity contribution in [3.05, 3.63) is 12.2 Å². The van der Waals surface area contributed by atoms with Gasteiger partial charge in [-0.3, -0.25) is 0 Å². The van der Waals surface area contributed by atoms with Crippen LogP contribution in [-0.4, -0.2) is 0 Å². The lowest BCUT2D eigenvalue weighted by Gasteiger charge is -2.48. The largest absolute Gasteiger partial charge is 0.196 e. The molecule has 2 atom stereocenters. The predicted octanol–water partition coefficient (Wildman–Crippen LogP) is 1.65. The lowest BCUT2D eigenvalue weighted by Crippen LogP contribution is -2.53. The van der Waals surface area contributed by atoms with E-state index in [2.05, 4.69) is 0 Å². The van der Waals surface area contributed by atoms with Crippen LogP contribution in [0.25, 0.3) is 0 Å². The molecule has 0 N–H and O–H groups in total. The van der Waals surface area contributed by atoms with E-state index in [4.69, 9.17) is 0 Å².